The first-order valence-electron chi connectivity index (χ1n) is 5.94. The van der Waals surface area contributed by atoms with Gasteiger partial charge in [-0.05, 0) is 25.8 Å². The summed E-state index contributed by atoms with van der Waals surface area (Å²) in [7, 11) is 0. The molecule has 0 aromatic carbocycles. The number of primary amides is 1. The van der Waals surface area contributed by atoms with Gasteiger partial charge in [0.1, 0.15) is 10.9 Å². The van der Waals surface area contributed by atoms with Crippen molar-refractivity contribution in [3.63, 3.8) is 0 Å². The molecule has 1 atom stereocenters. The number of hydrogen-bond donors (Lipinski definition) is 2. The van der Waals surface area contributed by atoms with Crippen molar-refractivity contribution in [2.75, 3.05) is 0 Å². The molecule has 2 aromatic rings. The highest BCUT2D eigenvalue weighted by molar-refractivity contribution is 7.18. The molecule has 7 heteroatoms. The molecule has 1 amide bonds. The van der Waals surface area contributed by atoms with Gasteiger partial charge in [-0.1, -0.05) is 6.92 Å². The molecular formula is C12H15N3O3S. The molecule has 2 heterocycles. The first-order valence-corrected chi connectivity index (χ1v) is 6.76. The number of amides is 1. The molecule has 0 aliphatic heterocycles. The van der Waals surface area contributed by atoms with Crippen LogP contribution in [0.1, 0.15) is 30.3 Å². The van der Waals surface area contributed by atoms with Crippen molar-refractivity contribution < 1.29 is 4.79 Å². The third-order valence-corrected chi connectivity index (χ3v) is 4.30. The van der Waals surface area contributed by atoms with Gasteiger partial charge in [0.2, 0.25) is 5.91 Å². The predicted molar refractivity (Wildman–Crippen MR) is 74.7 cm³/mol. The second-order valence-electron chi connectivity index (χ2n) is 4.38. The lowest BCUT2D eigenvalue weighted by Crippen LogP contribution is -2.41. The Balaban J connectivity index is 2.92. The largest absolute Gasteiger partial charge is 0.368 e. The highest BCUT2D eigenvalue weighted by Gasteiger charge is 2.21. The fourth-order valence-electron chi connectivity index (χ4n) is 2.17. The highest BCUT2D eigenvalue weighted by Crippen LogP contribution is 2.26. The van der Waals surface area contributed by atoms with Gasteiger partial charge < -0.3 is 5.73 Å². The lowest BCUT2D eigenvalue weighted by Gasteiger charge is -2.10. The van der Waals surface area contributed by atoms with Crippen molar-refractivity contribution in [1.82, 2.24) is 9.55 Å². The number of H-pyrrole nitrogens is 1. The van der Waals surface area contributed by atoms with E-state index in [1.165, 1.54) is 18.3 Å². The number of thiophene rings is 1. The smallest absolute Gasteiger partial charge is 0.330 e. The zero-order chi connectivity index (χ0) is 14.3. The summed E-state index contributed by atoms with van der Waals surface area (Å²) < 4.78 is 0.885. The lowest BCUT2D eigenvalue weighted by atomic mass is 10.1. The molecule has 0 bridgehead atoms. The van der Waals surface area contributed by atoms with Crippen molar-refractivity contribution in [2.24, 2.45) is 5.73 Å². The van der Waals surface area contributed by atoms with E-state index in [-0.39, 0.29) is 0 Å². The van der Waals surface area contributed by atoms with Crippen molar-refractivity contribution in [2.45, 2.75) is 33.2 Å². The molecular weight excluding hydrogens is 266 g/mol. The number of rotatable bonds is 3. The van der Waals surface area contributed by atoms with Crippen LogP contribution in [-0.2, 0) is 11.2 Å². The summed E-state index contributed by atoms with van der Waals surface area (Å²) in [6.07, 6.45) is 0.693. The van der Waals surface area contributed by atoms with Gasteiger partial charge in [0, 0.05) is 4.88 Å². The number of nitrogens with zero attached hydrogens (tertiary/aromatic N) is 1. The fourth-order valence-corrected chi connectivity index (χ4v) is 3.29. The van der Waals surface area contributed by atoms with Crippen molar-refractivity contribution in [1.29, 1.82) is 0 Å². The maximum absolute atomic E-state index is 12.4. The van der Waals surface area contributed by atoms with Gasteiger partial charge in [0.05, 0.1) is 5.39 Å². The third-order valence-electron chi connectivity index (χ3n) is 3.23. The summed E-state index contributed by atoms with van der Waals surface area (Å²) in [5.41, 5.74) is 5.03. The quantitative estimate of drug-likeness (QED) is 0.865. The van der Waals surface area contributed by atoms with Crippen LogP contribution >= 0.6 is 11.3 Å². The molecule has 0 saturated carbocycles. The van der Waals surface area contributed by atoms with E-state index >= 15 is 0 Å². The van der Waals surface area contributed by atoms with Gasteiger partial charge in [-0.3, -0.25) is 14.6 Å². The zero-order valence-corrected chi connectivity index (χ0v) is 11.8. The number of carbonyl (C=O) groups is 1. The summed E-state index contributed by atoms with van der Waals surface area (Å²) in [5.74, 6) is -0.711. The molecule has 0 aliphatic carbocycles. The third kappa shape index (κ3) is 1.99. The second kappa shape index (κ2) is 4.65. The molecule has 2 aromatic heterocycles. The Hall–Kier alpha value is -1.89. The van der Waals surface area contributed by atoms with Crippen LogP contribution in [0.25, 0.3) is 10.2 Å². The van der Waals surface area contributed by atoms with E-state index in [0.29, 0.717) is 16.6 Å². The molecule has 19 heavy (non-hydrogen) atoms. The first kappa shape index (κ1) is 13.5. The Morgan fingerprint density at radius 3 is 2.63 bits per heavy atom. The van der Waals surface area contributed by atoms with E-state index in [4.69, 9.17) is 5.73 Å². The molecule has 0 saturated heterocycles. The van der Waals surface area contributed by atoms with Crippen LogP contribution in [0, 0.1) is 6.92 Å². The van der Waals surface area contributed by atoms with Gasteiger partial charge >= 0.3 is 5.69 Å². The standard InChI is InChI=1S/C12H15N3O3S/c1-4-7-6(3)19-10-8(7)11(17)15(12(18)14-10)5(2)9(13)16/h5H,4H2,1-3H3,(H2,13,16)(H,14,18). The Kier molecular flexibility index (Phi) is 3.32. The second-order valence-corrected chi connectivity index (χ2v) is 5.60. The van der Waals surface area contributed by atoms with E-state index in [9.17, 15) is 14.4 Å². The van der Waals surface area contributed by atoms with Crippen LogP contribution in [0.3, 0.4) is 0 Å². The van der Waals surface area contributed by atoms with Crippen LogP contribution in [0.15, 0.2) is 9.59 Å². The van der Waals surface area contributed by atoms with Crippen LogP contribution in [0.2, 0.25) is 0 Å². The Labute approximate surface area is 112 Å². The minimum atomic E-state index is -0.967. The molecule has 0 fully saturated rings. The Bertz CT molecular complexity index is 769. The van der Waals surface area contributed by atoms with E-state index in [1.807, 2.05) is 13.8 Å². The summed E-state index contributed by atoms with van der Waals surface area (Å²) in [5, 5.41) is 0.484. The van der Waals surface area contributed by atoms with E-state index in [0.717, 1.165) is 15.0 Å². The fraction of sp³-hybridized carbons (Fsp3) is 0.417. The number of fused-ring (bicyclic) bond motifs is 1. The molecule has 102 valence electrons. The number of carbonyl (C=O) groups excluding carboxylic acids is 1. The first-order chi connectivity index (χ1) is 8.88. The van der Waals surface area contributed by atoms with Gasteiger partial charge in [0.15, 0.2) is 0 Å². The van der Waals surface area contributed by atoms with E-state index in [1.54, 1.807) is 0 Å². The number of hydrogen-bond acceptors (Lipinski definition) is 4. The summed E-state index contributed by atoms with van der Waals surface area (Å²) >= 11 is 1.38. The van der Waals surface area contributed by atoms with Crippen molar-refractivity contribution in [3.8, 4) is 0 Å². The SMILES string of the molecule is CCc1c(C)sc2[nH]c(=O)n(C(C)C(N)=O)c(=O)c12. The Morgan fingerprint density at radius 2 is 2.11 bits per heavy atom. The van der Waals surface area contributed by atoms with Gasteiger partial charge in [-0.25, -0.2) is 9.36 Å². The summed E-state index contributed by atoms with van der Waals surface area (Å²) in [6, 6.07) is -0.967. The number of aromatic amines is 1. The molecule has 1 unspecified atom stereocenters. The average Bonchev–Trinajstić information content (AvgIpc) is 2.64. The topological polar surface area (TPSA) is 97.9 Å². The average molecular weight is 281 g/mol. The minimum Gasteiger partial charge on any atom is -0.368 e. The minimum absolute atomic E-state index is 0.453. The molecule has 0 spiro atoms. The predicted octanol–water partition coefficient (Wildman–Crippen LogP) is 0.668. The van der Waals surface area contributed by atoms with Crippen LogP contribution in [0.4, 0.5) is 0 Å². The summed E-state index contributed by atoms with van der Waals surface area (Å²) in [4.78, 5) is 39.8. The molecule has 0 radical (unpaired) electrons. The van der Waals surface area contributed by atoms with Gasteiger partial charge in [-0.15, -0.1) is 11.3 Å². The molecule has 0 aliphatic rings. The molecule has 6 nitrogen and oxygen atoms in total. The maximum Gasteiger partial charge on any atom is 0.330 e. The maximum atomic E-state index is 12.4. The molecule has 3 N–H and O–H groups in total. The van der Waals surface area contributed by atoms with E-state index in [2.05, 4.69) is 4.98 Å². The van der Waals surface area contributed by atoms with Crippen LogP contribution in [-0.4, -0.2) is 15.5 Å². The van der Waals surface area contributed by atoms with Crippen molar-refractivity contribution in [3.05, 3.63) is 31.3 Å². The van der Waals surface area contributed by atoms with Crippen LogP contribution in [0.5, 0.6) is 0 Å². The van der Waals surface area contributed by atoms with Crippen molar-refractivity contribution >= 4 is 27.5 Å². The lowest BCUT2D eigenvalue weighted by molar-refractivity contribution is -0.120. The number of aryl methyl sites for hydroxylation is 2. The number of nitrogens with two attached hydrogens (primary N) is 1. The van der Waals surface area contributed by atoms with Crippen LogP contribution < -0.4 is 17.0 Å². The normalized spacial score (nSPS) is 12.8. The molecule has 2 rings (SSSR count). The monoisotopic (exact) mass is 281 g/mol. The van der Waals surface area contributed by atoms with E-state index < -0.39 is 23.2 Å². The number of aromatic nitrogens is 2. The summed E-state index contributed by atoms with van der Waals surface area (Å²) in [6.45, 7) is 5.29. The van der Waals surface area contributed by atoms with Gasteiger partial charge in [-0.2, -0.15) is 0 Å². The highest BCUT2D eigenvalue weighted by atomic mass is 32.1. The Morgan fingerprint density at radius 1 is 1.47 bits per heavy atom. The van der Waals surface area contributed by atoms with Gasteiger partial charge in [0.25, 0.3) is 5.56 Å². The zero-order valence-electron chi connectivity index (χ0n) is 10.9. The number of nitrogens with one attached hydrogen (secondary N) is 1.